The molecule has 0 unspecified atom stereocenters. The van der Waals surface area contributed by atoms with E-state index in [1.165, 1.54) is 29.2 Å². The summed E-state index contributed by atoms with van der Waals surface area (Å²) in [4.78, 5) is 26.9. The van der Waals surface area contributed by atoms with Gasteiger partial charge in [0.25, 0.3) is 0 Å². The Morgan fingerprint density at radius 3 is 2.89 bits per heavy atom. The van der Waals surface area contributed by atoms with Gasteiger partial charge in [-0.1, -0.05) is 17.8 Å². The third-order valence-electron chi connectivity index (χ3n) is 4.61. The summed E-state index contributed by atoms with van der Waals surface area (Å²) in [5.41, 5.74) is 7.10. The van der Waals surface area contributed by atoms with E-state index in [2.05, 4.69) is 15.0 Å². The minimum absolute atomic E-state index is 0.0373. The highest BCUT2D eigenvalue weighted by molar-refractivity contribution is 8.13. The number of hydrogen-bond acceptors (Lipinski definition) is 7. The summed E-state index contributed by atoms with van der Waals surface area (Å²) in [6.45, 7) is 1.88. The molecule has 3 heterocycles. The van der Waals surface area contributed by atoms with Crippen molar-refractivity contribution in [2.45, 2.75) is 25.3 Å². The maximum absolute atomic E-state index is 14.5. The monoisotopic (exact) mass is 400 g/mol. The number of benzene rings is 1. The number of thioether (sulfide) groups is 1. The molecule has 1 aliphatic rings. The summed E-state index contributed by atoms with van der Waals surface area (Å²) in [5, 5.41) is 0.468. The van der Waals surface area contributed by atoms with Crippen LogP contribution in [0.4, 0.5) is 4.39 Å². The van der Waals surface area contributed by atoms with Crippen molar-refractivity contribution in [3.05, 3.63) is 58.5 Å². The number of halogens is 1. The predicted octanol–water partition coefficient (Wildman–Crippen LogP) is 3.92. The second kappa shape index (κ2) is 7.01. The fourth-order valence-electron chi connectivity index (χ4n) is 3.16. The van der Waals surface area contributed by atoms with Gasteiger partial charge < -0.3 is 5.73 Å². The SMILES string of the molecule is C[C@@]1(c2cc(CC(=O)c3cc4nccnc4s3)ccc2F)CCSC(N)=N1. The minimum atomic E-state index is -0.704. The number of carbonyl (C=O) groups is 1. The van der Waals surface area contributed by atoms with Gasteiger partial charge in [-0.05, 0) is 37.1 Å². The Kier molecular flexibility index (Phi) is 4.69. The molecule has 0 amide bonds. The van der Waals surface area contributed by atoms with Gasteiger partial charge in [-0.15, -0.1) is 11.3 Å². The minimum Gasteiger partial charge on any atom is -0.379 e. The third-order valence-corrected chi connectivity index (χ3v) is 6.48. The topological polar surface area (TPSA) is 81.2 Å². The van der Waals surface area contributed by atoms with Crippen LogP contribution in [-0.2, 0) is 12.0 Å². The smallest absolute Gasteiger partial charge is 0.177 e. The van der Waals surface area contributed by atoms with Crippen molar-refractivity contribution in [2.24, 2.45) is 10.7 Å². The van der Waals surface area contributed by atoms with Crippen molar-refractivity contribution in [3.63, 3.8) is 0 Å². The largest absolute Gasteiger partial charge is 0.379 e. The first kappa shape index (κ1) is 18.1. The van der Waals surface area contributed by atoms with Gasteiger partial charge in [0.2, 0.25) is 0 Å². The van der Waals surface area contributed by atoms with Gasteiger partial charge >= 0.3 is 0 Å². The first-order valence-corrected chi connectivity index (χ1v) is 10.3. The fourth-order valence-corrected chi connectivity index (χ4v) is 5.03. The maximum Gasteiger partial charge on any atom is 0.177 e. The first-order chi connectivity index (χ1) is 12.9. The van der Waals surface area contributed by atoms with E-state index in [0.717, 1.165) is 16.1 Å². The average Bonchev–Trinajstić information content (AvgIpc) is 3.07. The molecule has 0 fully saturated rings. The quantitative estimate of drug-likeness (QED) is 0.671. The molecule has 0 bridgehead atoms. The van der Waals surface area contributed by atoms with Crippen molar-refractivity contribution < 1.29 is 9.18 Å². The Labute approximate surface area is 163 Å². The van der Waals surface area contributed by atoms with Crippen LogP contribution in [0, 0.1) is 5.82 Å². The predicted molar refractivity (Wildman–Crippen MR) is 108 cm³/mol. The molecule has 5 nitrogen and oxygen atoms in total. The molecule has 1 atom stereocenters. The second-order valence-corrected chi connectivity index (χ2v) is 8.74. The van der Waals surface area contributed by atoms with Crippen LogP contribution < -0.4 is 5.73 Å². The zero-order valence-electron chi connectivity index (χ0n) is 14.6. The lowest BCUT2D eigenvalue weighted by Crippen LogP contribution is -2.29. The molecule has 27 heavy (non-hydrogen) atoms. The number of nitrogens with two attached hydrogens (primary N) is 1. The summed E-state index contributed by atoms with van der Waals surface area (Å²) in [6.07, 6.45) is 4.09. The van der Waals surface area contributed by atoms with Gasteiger partial charge in [-0.2, -0.15) is 0 Å². The highest BCUT2D eigenvalue weighted by Gasteiger charge is 2.32. The van der Waals surface area contributed by atoms with E-state index >= 15 is 0 Å². The van der Waals surface area contributed by atoms with E-state index in [-0.39, 0.29) is 18.0 Å². The molecule has 4 rings (SSSR count). The standard InChI is InChI=1S/C19H17FN4OS2/c1-19(4-7-26-18(21)24-19)12-8-11(2-3-13(12)20)9-15(25)16-10-14-17(27-16)23-6-5-22-14/h2-3,5-6,8,10H,4,7,9H2,1H3,(H2,21,24)/t19-/m0/s1. The number of thiophene rings is 1. The number of carbonyl (C=O) groups excluding carboxylic acids is 1. The molecule has 2 N–H and O–H groups in total. The summed E-state index contributed by atoms with van der Waals surface area (Å²) in [5.74, 6) is 0.424. The normalized spacial score (nSPS) is 19.9. The van der Waals surface area contributed by atoms with Crippen LogP contribution in [0.25, 0.3) is 10.3 Å². The molecule has 2 aromatic heterocycles. The lowest BCUT2D eigenvalue weighted by atomic mass is 9.87. The van der Waals surface area contributed by atoms with Crippen molar-refractivity contribution in [2.75, 3.05) is 5.75 Å². The number of aromatic nitrogens is 2. The Bertz CT molecular complexity index is 1030. The fraction of sp³-hybridized carbons (Fsp3) is 0.263. The molecule has 0 radical (unpaired) electrons. The molecule has 3 aromatic rings. The Hall–Kier alpha value is -2.32. The second-order valence-electron chi connectivity index (χ2n) is 6.59. The summed E-state index contributed by atoms with van der Waals surface area (Å²) in [7, 11) is 0. The number of aliphatic imine (C=N–C) groups is 1. The zero-order chi connectivity index (χ0) is 19.0. The van der Waals surface area contributed by atoms with E-state index in [1.807, 2.05) is 6.92 Å². The summed E-state index contributed by atoms with van der Waals surface area (Å²) >= 11 is 2.80. The number of nitrogens with zero attached hydrogens (tertiary/aromatic N) is 3. The Morgan fingerprint density at radius 1 is 1.30 bits per heavy atom. The van der Waals surface area contributed by atoms with Crippen molar-refractivity contribution in [1.29, 1.82) is 0 Å². The van der Waals surface area contributed by atoms with Crippen LogP contribution in [-0.4, -0.2) is 26.7 Å². The molecule has 0 aliphatic carbocycles. The third kappa shape index (κ3) is 3.59. The number of fused-ring (bicyclic) bond motifs is 1. The van der Waals surface area contributed by atoms with E-state index in [1.54, 1.807) is 30.6 Å². The van der Waals surface area contributed by atoms with Gasteiger partial charge in [-0.25, -0.2) is 9.37 Å². The van der Waals surface area contributed by atoms with Crippen molar-refractivity contribution in [3.8, 4) is 0 Å². The van der Waals surface area contributed by atoms with Crippen LogP contribution in [0.1, 0.15) is 34.1 Å². The van der Waals surface area contributed by atoms with Gasteiger partial charge in [0.1, 0.15) is 16.2 Å². The molecular formula is C19H17FN4OS2. The van der Waals surface area contributed by atoms with Crippen LogP contribution in [0.5, 0.6) is 0 Å². The highest BCUT2D eigenvalue weighted by atomic mass is 32.2. The van der Waals surface area contributed by atoms with Crippen LogP contribution in [0.15, 0.2) is 41.7 Å². The van der Waals surface area contributed by atoms with Gasteiger partial charge in [-0.3, -0.25) is 14.8 Å². The average molecular weight is 401 g/mol. The lowest BCUT2D eigenvalue weighted by molar-refractivity contribution is 0.0996. The van der Waals surface area contributed by atoms with Gasteiger partial charge in [0, 0.05) is 30.1 Å². The molecule has 8 heteroatoms. The van der Waals surface area contributed by atoms with Gasteiger partial charge in [0.15, 0.2) is 11.0 Å². The van der Waals surface area contributed by atoms with Crippen molar-refractivity contribution >= 4 is 44.4 Å². The molecule has 1 aliphatic heterocycles. The maximum atomic E-state index is 14.5. The Morgan fingerprint density at radius 2 is 2.11 bits per heavy atom. The number of Topliss-reactive ketones (excluding diaryl/α,β-unsaturated/α-hetero) is 1. The molecular weight excluding hydrogens is 383 g/mol. The molecule has 0 saturated heterocycles. The number of rotatable bonds is 4. The number of ketones is 1. The molecule has 1 aromatic carbocycles. The summed E-state index contributed by atoms with van der Waals surface area (Å²) in [6, 6.07) is 6.55. The van der Waals surface area contributed by atoms with E-state index in [0.29, 0.717) is 27.5 Å². The van der Waals surface area contributed by atoms with Crippen LogP contribution in [0.2, 0.25) is 0 Å². The van der Waals surface area contributed by atoms with Crippen molar-refractivity contribution in [1.82, 2.24) is 9.97 Å². The van der Waals surface area contributed by atoms with E-state index < -0.39 is 5.54 Å². The van der Waals surface area contributed by atoms with E-state index in [4.69, 9.17) is 5.73 Å². The van der Waals surface area contributed by atoms with Crippen LogP contribution >= 0.6 is 23.1 Å². The highest BCUT2D eigenvalue weighted by Crippen LogP contribution is 2.37. The summed E-state index contributed by atoms with van der Waals surface area (Å²) < 4.78 is 14.5. The first-order valence-electron chi connectivity index (χ1n) is 8.45. The van der Waals surface area contributed by atoms with E-state index in [9.17, 15) is 9.18 Å². The Balaban J connectivity index is 1.63. The molecule has 138 valence electrons. The lowest BCUT2D eigenvalue weighted by Gasteiger charge is -2.30. The van der Waals surface area contributed by atoms with Crippen LogP contribution in [0.3, 0.4) is 0 Å². The van der Waals surface area contributed by atoms with Gasteiger partial charge in [0.05, 0.1) is 10.4 Å². The molecule has 0 saturated carbocycles. The zero-order valence-corrected chi connectivity index (χ0v) is 16.2. The number of hydrogen-bond donors (Lipinski definition) is 1. The number of amidine groups is 1. The molecule has 0 spiro atoms.